The minimum atomic E-state index is 0.274. The molecule has 0 aromatic carbocycles. The highest BCUT2D eigenvalue weighted by Gasteiger charge is 2.25. The maximum atomic E-state index is 6.01. The van der Waals surface area contributed by atoms with Crippen LogP contribution in [0.15, 0.2) is 11.2 Å². The van der Waals surface area contributed by atoms with Crippen LogP contribution < -0.4 is 15.8 Å². The molecule has 148 valence electrons. The highest BCUT2D eigenvalue weighted by atomic mass is 32.2. The quantitative estimate of drug-likeness (QED) is 0.629. The van der Waals surface area contributed by atoms with E-state index in [0.29, 0.717) is 12.6 Å². The highest BCUT2D eigenvalue weighted by Crippen LogP contribution is 2.34. The second-order valence-electron chi connectivity index (χ2n) is 7.01. The fourth-order valence-electron chi connectivity index (χ4n) is 3.75. The van der Waals surface area contributed by atoms with Gasteiger partial charge in [-0.1, -0.05) is 6.92 Å². The van der Waals surface area contributed by atoms with Crippen LogP contribution in [0.5, 0.6) is 5.75 Å². The Morgan fingerprint density at radius 3 is 2.93 bits per heavy atom. The number of ether oxygens (including phenoxy) is 1. The average molecular weight is 400 g/mol. The Kier molecular flexibility index (Phi) is 5.11. The summed E-state index contributed by atoms with van der Waals surface area (Å²) >= 11 is 1.71. The van der Waals surface area contributed by atoms with Gasteiger partial charge in [-0.15, -0.1) is 11.8 Å². The van der Waals surface area contributed by atoms with Crippen LogP contribution in [0.2, 0.25) is 0 Å². The lowest BCUT2D eigenvalue weighted by Crippen LogP contribution is -2.32. The number of nitrogen functional groups attached to an aromatic ring is 1. The lowest BCUT2D eigenvalue weighted by atomic mass is 10.1. The van der Waals surface area contributed by atoms with Crippen LogP contribution in [0.4, 0.5) is 5.95 Å². The number of hydrogen-bond donors (Lipinski definition) is 2. The highest BCUT2D eigenvalue weighted by molar-refractivity contribution is 7.99. The Balaban J connectivity index is 1.80. The van der Waals surface area contributed by atoms with Crippen molar-refractivity contribution in [2.24, 2.45) is 0 Å². The third-order valence-electron chi connectivity index (χ3n) is 5.05. The summed E-state index contributed by atoms with van der Waals surface area (Å²) < 4.78 is 7.44. The monoisotopic (exact) mass is 399 g/mol. The maximum Gasteiger partial charge on any atom is 0.223 e. The third-order valence-corrected chi connectivity index (χ3v) is 6.19. The zero-order chi connectivity index (χ0) is 19.8. The summed E-state index contributed by atoms with van der Waals surface area (Å²) in [5.74, 6) is 2.07. The molecule has 0 radical (unpaired) electrons. The van der Waals surface area contributed by atoms with Gasteiger partial charge in [-0.05, 0) is 20.4 Å². The molecule has 0 saturated heterocycles. The molecule has 3 N–H and O–H groups in total. The molecular weight excluding hydrogens is 374 g/mol. The summed E-state index contributed by atoms with van der Waals surface area (Å²) in [6, 6.07) is 0.344. The summed E-state index contributed by atoms with van der Waals surface area (Å²) in [5, 5.41) is 10.3. The lowest BCUT2D eigenvalue weighted by molar-refractivity contribution is 0.406. The largest absolute Gasteiger partial charge is 0.496 e. The molecule has 0 saturated carbocycles. The zero-order valence-corrected chi connectivity index (χ0v) is 17.4. The van der Waals surface area contributed by atoms with Crippen molar-refractivity contribution in [2.75, 3.05) is 25.1 Å². The summed E-state index contributed by atoms with van der Waals surface area (Å²) in [6.07, 6.45) is 2.68. The number of nitrogens with zero attached hydrogens (tertiary/aromatic N) is 5. The van der Waals surface area contributed by atoms with Crippen molar-refractivity contribution >= 4 is 28.7 Å². The molecule has 3 aromatic rings. The topological polar surface area (TPSA) is 104 Å². The first-order valence-corrected chi connectivity index (χ1v) is 10.4. The van der Waals surface area contributed by atoms with Gasteiger partial charge in [0.05, 0.1) is 30.4 Å². The number of nitrogens with two attached hydrogens (primary N) is 1. The summed E-state index contributed by atoms with van der Waals surface area (Å²) in [6.45, 7) is 7.56. The zero-order valence-electron chi connectivity index (χ0n) is 16.6. The average Bonchev–Trinajstić information content (AvgIpc) is 2.89. The van der Waals surface area contributed by atoms with Crippen molar-refractivity contribution in [2.45, 2.75) is 44.8 Å². The van der Waals surface area contributed by atoms with Gasteiger partial charge in [-0.2, -0.15) is 10.1 Å². The van der Waals surface area contributed by atoms with Gasteiger partial charge in [-0.3, -0.25) is 4.98 Å². The Hall–Kier alpha value is -2.39. The number of nitrogens with one attached hydrogen (secondary N) is 1. The number of methoxy groups -OCH3 is 1. The van der Waals surface area contributed by atoms with E-state index in [-0.39, 0.29) is 5.95 Å². The van der Waals surface area contributed by atoms with Crippen molar-refractivity contribution in [3.05, 3.63) is 28.7 Å². The molecule has 0 amide bonds. The fraction of sp³-hybridized carbons (Fsp3) is 0.474. The molecule has 0 aliphatic carbocycles. The molecule has 28 heavy (non-hydrogen) atoms. The number of aromatic nitrogens is 5. The van der Waals surface area contributed by atoms with Crippen molar-refractivity contribution in [1.29, 1.82) is 0 Å². The Morgan fingerprint density at radius 1 is 1.36 bits per heavy atom. The fourth-order valence-corrected chi connectivity index (χ4v) is 4.86. The molecule has 9 heteroatoms. The predicted molar refractivity (Wildman–Crippen MR) is 111 cm³/mol. The molecule has 0 spiro atoms. The number of hydrogen-bond acceptors (Lipinski definition) is 8. The molecule has 0 bridgehead atoms. The van der Waals surface area contributed by atoms with Crippen LogP contribution in [0.3, 0.4) is 0 Å². The van der Waals surface area contributed by atoms with E-state index in [1.807, 2.05) is 24.7 Å². The molecule has 4 rings (SSSR count). The van der Waals surface area contributed by atoms with E-state index < -0.39 is 0 Å². The molecule has 1 unspecified atom stereocenters. The molecule has 0 fully saturated rings. The van der Waals surface area contributed by atoms with Crippen molar-refractivity contribution in [1.82, 2.24) is 30.0 Å². The number of anilines is 1. The van der Waals surface area contributed by atoms with E-state index >= 15 is 0 Å². The standard InChI is InChI=1S/C19H25N7OS/c1-5-21-12-6-13-15-17(23-19(20)24-18(15)28-9-12)26(25-13)8-14-11(3)16(27-4)10(2)7-22-14/h7,12,21H,5-6,8-9H2,1-4H3,(H2,20,23,24). The van der Waals surface area contributed by atoms with Crippen LogP contribution >= 0.6 is 11.8 Å². The van der Waals surface area contributed by atoms with Gasteiger partial charge in [0.25, 0.3) is 0 Å². The van der Waals surface area contributed by atoms with E-state index in [0.717, 1.165) is 63.0 Å². The molecule has 3 aromatic heterocycles. The van der Waals surface area contributed by atoms with Gasteiger partial charge >= 0.3 is 0 Å². The lowest BCUT2D eigenvalue weighted by Gasteiger charge is -2.14. The smallest absolute Gasteiger partial charge is 0.223 e. The number of rotatable bonds is 5. The predicted octanol–water partition coefficient (Wildman–Crippen LogP) is 2.10. The first kappa shape index (κ1) is 18.9. The van der Waals surface area contributed by atoms with Crippen LogP contribution in [-0.4, -0.2) is 50.2 Å². The number of pyridine rings is 1. The van der Waals surface area contributed by atoms with Gasteiger partial charge in [0.2, 0.25) is 5.95 Å². The Labute approximate surface area is 168 Å². The molecular formula is C19H25N7OS. The van der Waals surface area contributed by atoms with Crippen LogP contribution in [-0.2, 0) is 13.0 Å². The van der Waals surface area contributed by atoms with Gasteiger partial charge in [0, 0.05) is 35.5 Å². The van der Waals surface area contributed by atoms with E-state index in [1.54, 1.807) is 18.9 Å². The summed E-state index contributed by atoms with van der Waals surface area (Å²) in [7, 11) is 1.69. The van der Waals surface area contributed by atoms with Gasteiger partial charge < -0.3 is 15.8 Å². The number of thioether (sulfide) groups is 1. The SMILES string of the molecule is CCNC1CSc2nc(N)nc3c2c(nn3Cc2ncc(C)c(OC)c2C)C1. The van der Waals surface area contributed by atoms with Crippen molar-refractivity contribution < 1.29 is 4.74 Å². The van der Waals surface area contributed by atoms with Crippen molar-refractivity contribution in [3.8, 4) is 5.75 Å². The summed E-state index contributed by atoms with van der Waals surface area (Å²) in [4.78, 5) is 13.6. The molecule has 4 heterocycles. The van der Waals surface area contributed by atoms with Gasteiger partial charge in [0.15, 0.2) is 5.65 Å². The van der Waals surface area contributed by atoms with Crippen LogP contribution in [0.25, 0.3) is 11.0 Å². The maximum absolute atomic E-state index is 6.01. The first-order chi connectivity index (χ1) is 13.5. The van der Waals surface area contributed by atoms with E-state index in [2.05, 4.69) is 27.2 Å². The molecule has 1 atom stereocenters. The van der Waals surface area contributed by atoms with E-state index in [4.69, 9.17) is 15.6 Å². The molecule has 1 aliphatic rings. The van der Waals surface area contributed by atoms with Crippen molar-refractivity contribution in [3.63, 3.8) is 0 Å². The molecule has 8 nitrogen and oxygen atoms in total. The first-order valence-electron chi connectivity index (χ1n) is 9.40. The van der Waals surface area contributed by atoms with Crippen LogP contribution in [0.1, 0.15) is 29.4 Å². The number of likely N-dealkylation sites (N-methyl/N-ethyl adjacent to an activating group) is 1. The Morgan fingerprint density at radius 2 is 2.18 bits per heavy atom. The normalized spacial score (nSPS) is 16.4. The summed E-state index contributed by atoms with van der Waals surface area (Å²) in [5.41, 5.74) is 10.7. The second kappa shape index (κ2) is 7.56. The number of aryl methyl sites for hydroxylation is 1. The van der Waals surface area contributed by atoms with Crippen LogP contribution in [0, 0.1) is 13.8 Å². The Bertz CT molecular complexity index is 1030. The van der Waals surface area contributed by atoms with Gasteiger partial charge in [-0.25, -0.2) is 9.67 Å². The third kappa shape index (κ3) is 3.29. The van der Waals surface area contributed by atoms with E-state index in [9.17, 15) is 0 Å². The van der Waals surface area contributed by atoms with E-state index in [1.165, 1.54) is 0 Å². The van der Waals surface area contributed by atoms with Gasteiger partial charge in [0.1, 0.15) is 10.8 Å². The minimum absolute atomic E-state index is 0.274. The minimum Gasteiger partial charge on any atom is -0.496 e. The second-order valence-corrected chi connectivity index (χ2v) is 8.01. The molecule has 1 aliphatic heterocycles.